The quantitative estimate of drug-likeness (QED) is 0.131. The molecule has 1 unspecified atom stereocenters. The minimum absolute atomic E-state index is 0.131. The fraction of sp³-hybridized carbons (Fsp3) is 0.147. The summed E-state index contributed by atoms with van der Waals surface area (Å²) in [5.74, 6) is 1.45. The molecule has 1 atom stereocenters. The average Bonchev–Trinajstić information content (AvgIpc) is 3.58. The van der Waals surface area contributed by atoms with Crippen LogP contribution in [0.3, 0.4) is 0 Å². The molecular weight excluding hydrogens is 719 g/mol. The molecule has 0 fully saturated rings. The van der Waals surface area contributed by atoms with E-state index in [0.717, 1.165) is 22.2 Å². The third-order valence-corrected chi connectivity index (χ3v) is 9.56. The van der Waals surface area contributed by atoms with Gasteiger partial charge in [0, 0.05) is 46.4 Å². The summed E-state index contributed by atoms with van der Waals surface area (Å²) in [5, 5.41) is 9.80. The third-order valence-electron chi connectivity index (χ3n) is 7.25. The molecule has 48 heavy (non-hydrogen) atoms. The first-order valence-electron chi connectivity index (χ1n) is 14.6. The summed E-state index contributed by atoms with van der Waals surface area (Å²) in [5.41, 5.74) is 4.17. The Labute approximate surface area is 289 Å². The van der Waals surface area contributed by atoms with Crippen molar-refractivity contribution in [2.45, 2.75) is 26.0 Å². The maximum absolute atomic E-state index is 13.5. The minimum Gasteiger partial charge on any atom is -0.496 e. The Bertz CT molecular complexity index is 2230. The molecule has 0 spiro atoms. The molecule has 10 nitrogen and oxygen atoms in total. The molecule has 6 rings (SSSR count). The maximum atomic E-state index is 13.5. The molecule has 0 aliphatic carbocycles. The summed E-state index contributed by atoms with van der Waals surface area (Å²) in [7, 11) is -0.868. The van der Waals surface area contributed by atoms with E-state index in [1.165, 1.54) is 29.8 Å². The Hall–Kier alpha value is -4.76. The zero-order valence-electron chi connectivity index (χ0n) is 25.6. The normalized spacial score (nSPS) is 11.7. The highest BCUT2D eigenvalue weighted by Crippen LogP contribution is 2.38. The van der Waals surface area contributed by atoms with E-state index >= 15 is 0 Å². The van der Waals surface area contributed by atoms with Crippen LogP contribution >= 0.6 is 27.3 Å². The summed E-state index contributed by atoms with van der Waals surface area (Å²) in [6.07, 6.45) is 3.25. The van der Waals surface area contributed by atoms with E-state index in [0.29, 0.717) is 43.7 Å². The smallest absolute Gasteiger partial charge is 0.228 e. The van der Waals surface area contributed by atoms with Crippen LogP contribution in [0.1, 0.15) is 29.2 Å². The number of nitrogens with zero attached hydrogens (tertiary/aromatic N) is 4. The molecule has 3 aromatic heterocycles. The van der Waals surface area contributed by atoms with E-state index in [9.17, 15) is 12.8 Å². The largest absolute Gasteiger partial charge is 0.496 e. The molecular formula is C34H28BrFN6O4S2. The monoisotopic (exact) mass is 746 g/mol. The molecule has 14 heteroatoms. The average molecular weight is 748 g/mol. The number of halogens is 2. The molecule has 0 aliphatic rings. The molecule has 0 aliphatic heterocycles. The summed E-state index contributed by atoms with van der Waals surface area (Å²) in [4.78, 5) is 18.2. The predicted molar refractivity (Wildman–Crippen MR) is 189 cm³/mol. The van der Waals surface area contributed by atoms with Crippen molar-refractivity contribution in [3.05, 3.63) is 117 Å². The van der Waals surface area contributed by atoms with Crippen molar-refractivity contribution in [2.75, 3.05) is 12.4 Å². The van der Waals surface area contributed by atoms with Crippen molar-refractivity contribution < 1.29 is 22.3 Å². The van der Waals surface area contributed by atoms with Gasteiger partial charge in [-0.1, -0.05) is 18.2 Å². The number of aromatic nitrogens is 4. The molecule has 0 saturated heterocycles. The highest BCUT2D eigenvalue weighted by molar-refractivity contribution is 9.10. The van der Waals surface area contributed by atoms with Crippen molar-refractivity contribution >= 4 is 65.0 Å². The van der Waals surface area contributed by atoms with E-state index in [1.54, 1.807) is 37.6 Å². The van der Waals surface area contributed by atoms with Crippen LogP contribution in [0.5, 0.6) is 11.5 Å². The van der Waals surface area contributed by atoms with Gasteiger partial charge in [0.2, 0.25) is 10.3 Å². The lowest BCUT2D eigenvalue weighted by atomic mass is 10.1. The third kappa shape index (κ3) is 7.85. The second-order valence-corrected chi connectivity index (χ2v) is 13.3. The number of pyridine rings is 1. The van der Waals surface area contributed by atoms with E-state index in [1.807, 2.05) is 48.7 Å². The lowest BCUT2D eigenvalue weighted by Crippen LogP contribution is -2.29. The zero-order chi connectivity index (χ0) is 33.6. The van der Waals surface area contributed by atoms with Crippen molar-refractivity contribution in [3.63, 3.8) is 0 Å². The Morgan fingerprint density at radius 1 is 1.02 bits per heavy atom. The van der Waals surface area contributed by atoms with E-state index in [4.69, 9.17) is 14.5 Å². The van der Waals surface area contributed by atoms with Gasteiger partial charge < -0.3 is 14.8 Å². The van der Waals surface area contributed by atoms with E-state index in [2.05, 4.69) is 41.5 Å². The molecule has 0 amide bonds. The summed E-state index contributed by atoms with van der Waals surface area (Å²) < 4.78 is 49.9. The highest BCUT2D eigenvalue weighted by Gasteiger charge is 2.19. The SMILES string of the molecule is COc1cc2ncnc(Nc3ccc(OCc4cccc(F)c4)c(Br)c3)c2cc1-c1csc(C(C)NC(Cc2ccccn2)=S(=O)=O)n1. The molecule has 0 bridgehead atoms. The molecule has 0 radical (unpaired) electrons. The Morgan fingerprint density at radius 3 is 2.65 bits per heavy atom. The van der Waals surface area contributed by atoms with Crippen LogP contribution in [-0.2, 0) is 23.3 Å². The van der Waals surface area contributed by atoms with Gasteiger partial charge >= 0.3 is 0 Å². The first-order chi connectivity index (χ1) is 23.3. The van der Waals surface area contributed by atoms with E-state index < -0.39 is 10.3 Å². The number of nitrogens with one attached hydrogen (secondary N) is 2. The lowest BCUT2D eigenvalue weighted by Gasteiger charge is -2.14. The zero-order valence-corrected chi connectivity index (χ0v) is 28.9. The highest BCUT2D eigenvalue weighted by atomic mass is 79.9. The van der Waals surface area contributed by atoms with Gasteiger partial charge in [-0.05, 0) is 76.9 Å². The number of ether oxygens (including phenoxy) is 2. The van der Waals surface area contributed by atoms with Gasteiger partial charge in [-0.15, -0.1) is 11.3 Å². The minimum atomic E-state index is -2.45. The number of fused-ring (bicyclic) bond motifs is 1. The Kier molecular flexibility index (Phi) is 10.3. The van der Waals surface area contributed by atoms with Gasteiger partial charge in [0.25, 0.3) is 0 Å². The Balaban J connectivity index is 1.23. The topological polar surface area (TPSA) is 128 Å². The number of anilines is 2. The summed E-state index contributed by atoms with van der Waals surface area (Å²) in [6, 6.07) is 20.6. The molecule has 244 valence electrons. The van der Waals surface area contributed by atoms with Crippen LogP contribution in [0.25, 0.3) is 22.2 Å². The molecule has 2 N–H and O–H groups in total. The van der Waals surface area contributed by atoms with Crippen LogP contribution in [0.15, 0.2) is 95.2 Å². The van der Waals surface area contributed by atoms with Crippen molar-refractivity contribution in [1.29, 1.82) is 0 Å². The van der Waals surface area contributed by atoms with Gasteiger partial charge in [-0.25, -0.2) is 19.3 Å². The predicted octanol–water partition coefficient (Wildman–Crippen LogP) is 7.28. The molecule has 0 saturated carbocycles. The van der Waals surface area contributed by atoms with Gasteiger partial charge in [-0.2, -0.15) is 8.42 Å². The van der Waals surface area contributed by atoms with Crippen LogP contribution in [-0.4, -0.2) is 40.5 Å². The van der Waals surface area contributed by atoms with Gasteiger partial charge in [0.1, 0.15) is 46.1 Å². The second-order valence-electron chi connectivity index (χ2n) is 10.6. The fourth-order valence-electron chi connectivity index (χ4n) is 4.91. The number of hydrogen-bond donors (Lipinski definition) is 2. The van der Waals surface area contributed by atoms with Crippen molar-refractivity contribution in [2.24, 2.45) is 0 Å². The molecule has 3 aromatic carbocycles. The number of methoxy groups -OCH3 is 1. The first kappa shape index (κ1) is 33.2. The summed E-state index contributed by atoms with van der Waals surface area (Å²) in [6.45, 7) is 2.08. The van der Waals surface area contributed by atoms with Crippen LogP contribution in [0.2, 0.25) is 0 Å². The number of thiazole rings is 1. The molecule has 6 aromatic rings. The second kappa shape index (κ2) is 15.0. The number of benzene rings is 3. The van der Waals surface area contributed by atoms with Gasteiger partial charge in [0.15, 0.2) is 0 Å². The standard InChI is InChI=1S/C34H28BrFN6O4S2/c1-20(40-32(48(43)44)14-23-8-3-4-11-37-23)34-42-29(18-47-34)25-15-26-28(16-31(25)45-2)38-19-39-33(26)41-24-9-10-30(27(35)13-24)46-17-21-6-5-7-22(36)12-21/h3-13,15-16,18-20,40H,14,17H2,1-2H3,(H,38,39,41). The van der Waals surface area contributed by atoms with Crippen molar-refractivity contribution in [1.82, 2.24) is 25.3 Å². The number of rotatable bonds is 11. The van der Waals surface area contributed by atoms with E-state index in [-0.39, 0.29) is 29.9 Å². The van der Waals surface area contributed by atoms with Gasteiger partial charge in [-0.3, -0.25) is 10.3 Å². The lowest BCUT2D eigenvalue weighted by molar-refractivity contribution is 0.303. The maximum Gasteiger partial charge on any atom is 0.228 e. The summed E-state index contributed by atoms with van der Waals surface area (Å²) >= 11 is 4.98. The number of hydrogen-bond acceptors (Lipinski definition) is 10. The first-order valence-corrected chi connectivity index (χ1v) is 17.4. The van der Waals surface area contributed by atoms with Crippen LogP contribution < -0.4 is 20.1 Å². The van der Waals surface area contributed by atoms with Crippen LogP contribution in [0.4, 0.5) is 15.9 Å². The Morgan fingerprint density at radius 2 is 1.90 bits per heavy atom. The molecule has 3 heterocycles. The van der Waals surface area contributed by atoms with Crippen molar-refractivity contribution in [3.8, 4) is 22.8 Å². The van der Waals surface area contributed by atoms with Crippen LogP contribution in [0, 0.1) is 5.82 Å². The fourth-order valence-corrected chi connectivity index (χ4v) is 6.77. The van der Waals surface area contributed by atoms with Gasteiger partial charge in [0.05, 0.1) is 28.8 Å².